The van der Waals surface area contributed by atoms with Crippen molar-refractivity contribution in [2.24, 2.45) is 0 Å². The molecule has 2 aromatic carbocycles. The molecule has 0 aliphatic carbocycles. The standard InChI is InChI=1S/C28H30FN3O2/c29-23-12-10-21(11-13-23)20-6-8-22(9-7-20)28-25-18-31(15-3-4-16-32(25)26(28)19-33)27(34)17-24-5-1-2-14-30-24/h1-2,5-14,25-26,28,33H,3-4,15-19H2/t25-,26+,28+/m1/s1. The number of nitrogens with zero attached hydrogens (tertiary/aromatic N) is 3. The molecule has 0 bridgehead atoms. The fraction of sp³-hybridized carbons (Fsp3) is 0.357. The SMILES string of the molecule is O=C(Cc1ccccn1)N1CCCCN2[C@H](C1)[C@H](c1ccc(-c3ccc(F)cc3)cc1)[C@@H]2CO. The predicted molar refractivity (Wildman–Crippen MR) is 130 cm³/mol. The zero-order valence-corrected chi connectivity index (χ0v) is 19.2. The van der Waals surface area contributed by atoms with Crippen LogP contribution in [0, 0.1) is 5.82 Å². The smallest absolute Gasteiger partial charge is 0.228 e. The van der Waals surface area contributed by atoms with Crippen molar-refractivity contribution >= 4 is 5.91 Å². The molecule has 5 rings (SSSR count). The first-order valence-corrected chi connectivity index (χ1v) is 12.0. The number of hydrogen-bond acceptors (Lipinski definition) is 4. The number of halogens is 1. The fourth-order valence-corrected chi connectivity index (χ4v) is 5.48. The van der Waals surface area contributed by atoms with Crippen LogP contribution in [0.1, 0.15) is 30.0 Å². The average Bonchev–Trinajstić information content (AvgIpc) is 2.84. The van der Waals surface area contributed by atoms with Crippen LogP contribution >= 0.6 is 0 Å². The summed E-state index contributed by atoms with van der Waals surface area (Å²) in [5, 5.41) is 10.2. The molecule has 3 atom stereocenters. The maximum atomic E-state index is 13.3. The molecule has 2 aliphatic heterocycles. The molecule has 3 aromatic rings. The number of carbonyl (C=O) groups is 1. The largest absolute Gasteiger partial charge is 0.395 e. The molecule has 1 amide bonds. The van der Waals surface area contributed by atoms with Gasteiger partial charge in [0.05, 0.1) is 13.0 Å². The Morgan fingerprint density at radius 2 is 1.68 bits per heavy atom. The molecule has 2 saturated heterocycles. The number of carbonyl (C=O) groups excluding carboxylic acids is 1. The molecule has 3 heterocycles. The summed E-state index contributed by atoms with van der Waals surface area (Å²) in [6.07, 6.45) is 4.01. The summed E-state index contributed by atoms with van der Waals surface area (Å²) in [6, 6.07) is 20.8. The first kappa shape index (κ1) is 22.7. The van der Waals surface area contributed by atoms with Crippen LogP contribution in [-0.2, 0) is 11.2 Å². The van der Waals surface area contributed by atoms with Gasteiger partial charge in [-0.2, -0.15) is 0 Å². The number of rotatable bonds is 5. The minimum Gasteiger partial charge on any atom is -0.395 e. The third-order valence-corrected chi connectivity index (χ3v) is 7.25. The van der Waals surface area contributed by atoms with E-state index in [4.69, 9.17) is 0 Å². The summed E-state index contributed by atoms with van der Waals surface area (Å²) >= 11 is 0. The van der Waals surface area contributed by atoms with Crippen LogP contribution in [0.15, 0.2) is 72.9 Å². The summed E-state index contributed by atoms with van der Waals surface area (Å²) < 4.78 is 13.3. The van der Waals surface area contributed by atoms with Crippen molar-refractivity contribution in [3.05, 3.63) is 90.0 Å². The van der Waals surface area contributed by atoms with Gasteiger partial charge in [0, 0.05) is 43.0 Å². The molecular weight excluding hydrogens is 429 g/mol. The highest BCUT2D eigenvalue weighted by Crippen LogP contribution is 2.42. The lowest BCUT2D eigenvalue weighted by atomic mass is 9.74. The molecule has 1 aromatic heterocycles. The normalized spacial score (nSPS) is 22.9. The first-order chi connectivity index (χ1) is 16.6. The molecule has 0 spiro atoms. The maximum absolute atomic E-state index is 13.3. The van der Waals surface area contributed by atoms with Gasteiger partial charge in [-0.25, -0.2) is 4.39 Å². The maximum Gasteiger partial charge on any atom is 0.228 e. The van der Waals surface area contributed by atoms with Crippen LogP contribution in [0.2, 0.25) is 0 Å². The van der Waals surface area contributed by atoms with Crippen molar-refractivity contribution < 1.29 is 14.3 Å². The first-order valence-electron chi connectivity index (χ1n) is 12.0. The van der Waals surface area contributed by atoms with Crippen LogP contribution in [0.4, 0.5) is 4.39 Å². The van der Waals surface area contributed by atoms with Crippen molar-refractivity contribution in [1.82, 2.24) is 14.8 Å². The van der Waals surface area contributed by atoms with E-state index in [1.165, 1.54) is 17.7 Å². The van der Waals surface area contributed by atoms with Gasteiger partial charge in [-0.1, -0.05) is 42.5 Å². The van der Waals surface area contributed by atoms with Crippen molar-refractivity contribution in [2.45, 2.75) is 37.3 Å². The van der Waals surface area contributed by atoms with Gasteiger partial charge in [0.25, 0.3) is 0 Å². The van der Waals surface area contributed by atoms with Crippen LogP contribution in [0.3, 0.4) is 0 Å². The number of hydrogen-bond donors (Lipinski definition) is 1. The molecule has 2 fully saturated rings. The molecule has 0 radical (unpaired) electrons. The number of aliphatic hydroxyl groups excluding tert-OH is 1. The van der Waals surface area contributed by atoms with Crippen LogP contribution in [0.25, 0.3) is 11.1 Å². The molecule has 34 heavy (non-hydrogen) atoms. The number of benzene rings is 2. The van der Waals surface area contributed by atoms with Gasteiger partial charge in [-0.05, 0) is 60.3 Å². The lowest BCUT2D eigenvalue weighted by Crippen LogP contribution is -2.68. The number of amides is 1. The lowest BCUT2D eigenvalue weighted by molar-refractivity contribution is -0.135. The van der Waals surface area contributed by atoms with E-state index in [2.05, 4.69) is 34.1 Å². The highest BCUT2D eigenvalue weighted by atomic mass is 19.1. The van der Waals surface area contributed by atoms with Gasteiger partial charge in [0.1, 0.15) is 5.82 Å². The quantitative estimate of drug-likeness (QED) is 0.629. The zero-order chi connectivity index (χ0) is 23.5. The Kier molecular flexibility index (Phi) is 6.70. The second-order valence-corrected chi connectivity index (χ2v) is 9.25. The number of fused-ring (bicyclic) bond motifs is 1. The summed E-state index contributed by atoms with van der Waals surface area (Å²) in [4.78, 5) is 21.8. The van der Waals surface area contributed by atoms with Crippen molar-refractivity contribution in [3.8, 4) is 11.1 Å². The summed E-state index contributed by atoms with van der Waals surface area (Å²) in [5.41, 5.74) is 3.97. The molecule has 0 unspecified atom stereocenters. The summed E-state index contributed by atoms with van der Waals surface area (Å²) in [7, 11) is 0. The van der Waals surface area contributed by atoms with E-state index in [-0.39, 0.29) is 36.3 Å². The van der Waals surface area contributed by atoms with Gasteiger partial charge >= 0.3 is 0 Å². The van der Waals surface area contributed by atoms with Crippen molar-refractivity contribution in [1.29, 1.82) is 0 Å². The average molecular weight is 460 g/mol. The second-order valence-electron chi connectivity index (χ2n) is 9.25. The highest BCUT2D eigenvalue weighted by molar-refractivity contribution is 5.78. The van der Waals surface area contributed by atoms with Gasteiger partial charge in [0.2, 0.25) is 5.91 Å². The van der Waals surface area contributed by atoms with E-state index < -0.39 is 0 Å². The van der Waals surface area contributed by atoms with Gasteiger partial charge in [0.15, 0.2) is 0 Å². The van der Waals surface area contributed by atoms with E-state index in [1.807, 2.05) is 23.1 Å². The highest BCUT2D eigenvalue weighted by Gasteiger charge is 2.49. The number of pyridine rings is 1. The van der Waals surface area contributed by atoms with Crippen LogP contribution in [-0.4, -0.2) is 64.1 Å². The van der Waals surface area contributed by atoms with Gasteiger partial charge in [-0.3, -0.25) is 14.7 Å². The van der Waals surface area contributed by atoms with Crippen LogP contribution < -0.4 is 0 Å². The Bertz CT molecular complexity index is 1100. The van der Waals surface area contributed by atoms with Gasteiger partial charge < -0.3 is 10.0 Å². The molecule has 1 N–H and O–H groups in total. The molecule has 2 aliphatic rings. The molecule has 6 heteroatoms. The minimum absolute atomic E-state index is 0.0625. The monoisotopic (exact) mass is 459 g/mol. The van der Waals surface area contributed by atoms with E-state index in [9.17, 15) is 14.3 Å². The summed E-state index contributed by atoms with van der Waals surface area (Å²) in [6.45, 7) is 2.47. The molecule has 176 valence electrons. The van der Waals surface area contributed by atoms with E-state index in [0.29, 0.717) is 13.0 Å². The van der Waals surface area contributed by atoms with Crippen LogP contribution in [0.5, 0.6) is 0 Å². The Morgan fingerprint density at radius 1 is 0.971 bits per heavy atom. The van der Waals surface area contributed by atoms with Gasteiger partial charge in [-0.15, -0.1) is 0 Å². The van der Waals surface area contributed by atoms with E-state index >= 15 is 0 Å². The molecular formula is C28H30FN3O2. The lowest BCUT2D eigenvalue weighted by Gasteiger charge is -2.57. The predicted octanol–water partition coefficient (Wildman–Crippen LogP) is 3.88. The second kappa shape index (κ2) is 10.0. The Balaban J connectivity index is 1.34. The number of aromatic nitrogens is 1. The Morgan fingerprint density at radius 3 is 2.35 bits per heavy atom. The van der Waals surface area contributed by atoms with E-state index in [1.54, 1.807) is 18.3 Å². The topological polar surface area (TPSA) is 56.7 Å². The Hall–Kier alpha value is -3.09. The number of aliphatic hydroxyl groups is 1. The minimum atomic E-state index is -0.243. The molecule has 0 saturated carbocycles. The zero-order valence-electron chi connectivity index (χ0n) is 19.2. The molecule has 5 nitrogen and oxygen atoms in total. The third-order valence-electron chi connectivity index (χ3n) is 7.25. The van der Waals surface area contributed by atoms with E-state index in [0.717, 1.165) is 42.8 Å². The Labute approximate surface area is 199 Å². The van der Waals surface area contributed by atoms with Crippen molar-refractivity contribution in [2.75, 3.05) is 26.2 Å². The fourth-order valence-electron chi connectivity index (χ4n) is 5.48. The summed E-state index contributed by atoms with van der Waals surface area (Å²) in [5.74, 6) is 0.0288. The third kappa shape index (κ3) is 4.61. The van der Waals surface area contributed by atoms with Crippen molar-refractivity contribution in [3.63, 3.8) is 0 Å².